The van der Waals surface area contributed by atoms with Crippen molar-refractivity contribution in [2.75, 3.05) is 26.0 Å². The van der Waals surface area contributed by atoms with E-state index < -0.39 is 0 Å². The van der Waals surface area contributed by atoms with Crippen molar-refractivity contribution in [1.82, 2.24) is 24.5 Å². The van der Waals surface area contributed by atoms with E-state index in [1.807, 2.05) is 24.3 Å². The first-order valence-electron chi connectivity index (χ1n) is 8.17. The minimum Gasteiger partial charge on any atom is -0.469 e. The quantitative estimate of drug-likeness (QED) is 0.596. The number of ether oxygens (including phenoxy) is 1. The average Bonchev–Trinajstić information content (AvgIpc) is 3.02. The van der Waals surface area contributed by atoms with Crippen LogP contribution in [-0.4, -0.2) is 62.3 Å². The fourth-order valence-corrected chi connectivity index (χ4v) is 3.93. The predicted molar refractivity (Wildman–Crippen MR) is 92.3 cm³/mol. The molecule has 1 amide bonds. The second-order valence-corrected chi connectivity index (χ2v) is 7.03. The van der Waals surface area contributed by atoms with Crippen LogP contribution in [0.2, 0.25) is 0 Å². The number of hydrogen-bond donors (Lipinski definition) is 0. The molecule has 25 heavy (non-hydrogen) atoms. The molecule has 0 saturated carbocycles. The van der Waals surface area contributed by atoms with Crippen molar-refractivity contribution in [1.29, 1.82) is 0 Å². The molecule has 1 aliphatic rings. The Kier molecular flexibility index (Phi) is 5.22. The van der Waals surface area contributed by atoms with Crippen LogP contribution in [0.3, 0.4) is 0 Å². The first-order valence-corrected chi connectivity index (χ1v) is 9.16. The molecule has 1 aliphatic heterocycles. The van der Waals surface area contributed by atoms with Gasteiger partial charge in [-0.15, -0.1) is 10.2 Å². The smallest absolute Gasteiger partial charge is 0.308 e. The first kappa shape index (κ1) is 17.7. The number of aromatic nitrogens is 4. The number of esters is 1. The van der Waals surface area contributed by atoms with Gasteiger partial charge in [0.15, 0.2) is 10.8 Å². The number of rotatable bonds is 4. The number of hydrogen-bond acceptors (Lipinski definition) is 7. The number of methoxy groups -OCH3 is 1. The highest BCUT2D eigenvalue weighted by Gasteiger charge is 2.28. The third-order valence-electron chi connectivity index (χ3n) is 4.37. The summed E-state index contributed by atoms with van der Waals surface area (Å²) in [7, 11) is 1.40. The second-order valence-electron chi connectivity index (χ2n) is 6.09. The van der Waals surface area contributed by atoms with Crippen LogP contribution in [0.1, 0.15) is 24.4 Å². The summed E-state index contributed by atoms with van der Waals surface area (Å²) in [6.07, 6.45) is 1.30. The zero-order valence-electron chi connectivity index (χ0n) is 14.6. The largest absolute Gasteiger partial charge is 0.469 e. The van der Waals surface area contributed by atoms with E-state index in [1.165, 1.54) is 18.9 Å². The van der Waals surface area contributed by atoms with Crippen LogP contribution in [0.4, 0.5) is 0 Å². The van der Waals surface area contributed by atoms with Crippen molar-refractivity contribution < 1.29 is 14.3 Å². The van der Waals surface area contributed by atoms with Gasteiger partial charge in [0.05, 0.1) is 18.8 Å². The molecule has 0 N–H and O–H groups in total. The number of thioether (sulfide) groups is 1. The fraction of sp³-hybridized carbons (Fsp3) is 0.562. The van der Waals surface area contributed by atoms with E-state index in [0.717, 1.165) is 17.2 Å². The monoisotopic (exact) mass is 363 g/mol. The van der Waals surface area contributed by atoms with E-state index in [-0.39, 0.29) is 23.5 Å². The van der Waals surface area contributed by atoms with E-state index in [4.69, 9.17) is 4.74 Å². The lowest BCUT2D eigenvalue weighted by molar-refractivity contribution is -0.148. The van der Waals surface area contributed by atoms with Gasteiger partial charge in [-0.1, -0.05) is 11.8 Å². The summed E-state index contributed by atoms with van der Waals surface area (Å²) in [5.41, 5.74) is 1.62. The van der Waals surface area contributed by atoms with Gasteiger partial charge in [0, 0.05) is 24.8 Å². The molecule has 0 atom stereocenters. The lowest BCUT2D eigenvalue weighted by atomic mass is 9.97. The molecule has 8 nitrogen and oxygen atoms in total. The number of aryl methyl sites for hydroxylation is 2. The van der Waals surface area contributed by atoms with Crippen molar-refractivity contribution in [2.45, 2.75) is 31.8 Å². The van der Waals surface area contributed by atoms with E-state index in [1.54, 1.807) is 4.90 Å². The zero-order valence-corrected chi connectivity index (χ0v) is 15.4. The number of piperidine rings is 1. The summed E-state index contributed by atoms with van der Waals surface area (Å²) in [6.45, 7) is 4.97. The SMILES string of the molecule is COC(=O)C1CCN(C(=O)CSc2nnc3cc(C)nc(C)n23)CC1. The Hall–Kier alpha value is -2.16. The van der Waals surface area contributed by atoms with Gasteiger partial charge in [0.2, 0.25) is 5.91 Å². The Morgan fingerprint density at radius 3 is 2.68 bits per heavy atom. The average molecular weight is 363 g/mol. The Balaban J connectivity index is 1.59. The van der Waals surface area contributed by atoms with E-state index in [2.05, 4.69) is 15.2 Å². The summed E-state index contributed by atoms with van der Waals surface area (Å²) >= 11 is 1.36. The molecule has 1 fully saturated rings. The Morgan fingerprint density at radius 1 is 1.28 bits per heavy atom. The molecule has 0 bridgehead atoms. The van der Waals surface area contributed by atoms with E-state index in [9.17, 15) is 9.59 Å². The third kappa shape index (κ3) is 3.76. The minimum absolute atomic E-state index is 0.0442. The van der Waals surface area contributed by atoms with Crippen LogP contribution < -0.4 is 0 Å². The fourth-order valence-electron chi connectivity index (χ4n) is 3.05. The predicted octanol–water partition coefficient (Wildman–Crippen LogP) is 1.24. The maximum Gasteiger partial charge on any atom is 0.308 e. The Labute approximate surface area is 150 Å². The second kappa shape index (κ2) is 7.38. The van der Waals surface area contributed by atoms with Gasteiger partial charge < -0.3 is 9.64 Å². The molecular weight excluding hydrogens is 342 g/mol. The van der Waals surface area contributed by atoms with Crippen molar-refractivity contribution in [2.24, 2.45) is 5.92 Å². The van der Waals surface area contributed by atoms with Gasteiger partial charge in [0.1, 0.15) is 5.82 Å². The van der Waals surface area contributed by atoms with Gasteiger partial charge in [-0.25, -0.2) is 4.98 Å². The van der Waals surface area contributed by atoms with Crippen molar-refractivity contribution in [3.63, 3.8) is 0 Å². The lowest BCUT2D eigenvalue weighted by Gasteiger charge is -2.30. The molecule has 0 unspecified atom stereocenters. The van der Waals surface area contributed by atoms with Gasteiger partial charge in [0.25, 0.3) is 0 Å². The number of fused-ring (bicyclic) bond motifs is 1. The normalized spacial score (nSPS) is 15.6. The zero-order chi connectivity index (χ0) is 18.0. The number of carbonyl (C=O) groups is 2. The molecule has 0 aliphatic carbocycles. The summed E-state index contributed by atoms with van der Waals surface area (Å²) in [4.78, 5) is 30.2. The van der Waals surface area contributed by atoms with Gasteiger partial charge in [-0.2, -0.15) is 0 Å². The molecule has 2 aromatic rings. The van der Waals surface area contributed by atoms with Crippen molar-refractivity contribution in [3.8, 4) is 0 Å². The van der Waals surface area contributed by atoms with Gasteiger partial charge >= 0.3 is 5.97 Å². The summed E-state index contributed by atoms with van der Waals surface area (Å²) in [6, 6.07) is 1.86. The highest BCUT2D eigenvalue weighted by Crippen LogP contribution is 2.22. The van der Waals surface area contributed by atoms with E-state index in [0.29, 0.717) is 31.1 Å². The van der Waals surface area contributed by atoms with Crippen LogP contribution in [0.15, 0.2) is 11.2 Å². The topological polar surface area (TPSA) is 89.7 Å². The molecule has 3 heterocycles. The maximum absolute atomic E-state index is 12.4. The highest BCUT2D eigenvalue weighted by molar-refractivity contribution is 7.99. The Morgan fingerprint density at radius 2 is 2.00 bits per heavy atom. The number of amides is 1. The van der Waals surface area contributed by atoms with Crippen LogP contribution in [0.5, 0.6) is 0 Å². The molecule has 9 heteroatoms. The van der Waals surface area contributed by atoms with Crippen LogP contribution in [-0.2, 0) is 14.3 Å². The molecule has 134 valence electrons. The molecule has 1 saturated heterocycles. The highest BCUT2D eigenvalue weighted by atomic mass is 32.2. The molecule has 2 aromatic heterocycles. The third-order valence-corrected chi connectivity index (χ3v) is 5.28. The summed E-state index contributed by atoms with van der Waals surface area (Å²) in [5, 5.41) is 8.97. The first-order chi connectivity index (χ1) is 12.0. The molecular formula is C16H21N5O3S. The lowest BCUT2D eigenvalue weighted by Crippen LogP contribution is -2.41. The molecule has 0 aromatic carbocycles. The van der Waals surface area contributed by atoms with Gasteiger partial charge in [-0.05, 0) is 26.7 Å². The van der Waals surface area contributed by atoms with Crippen LogP contribution in [0.25, 0.3) is 5.65 Å². The summed E-state index contributed by atoms with van der Waals surface area (Å²) in [5.74, 6) is 0.849. The Bertz CT molecular complexity index is 798. The van der Waals surface area contributed by atoms with Crippen molar-refractivity contribution >= 4 is 29.3 Å². The van der Waals surface area contributed by atoms with E-state index >= 15 is 0 Å². The van der Waals surface area contributed by atoms with Crippen molar-refractivity contribution in [3.05, 3.63) is 17.6 Å². The standard InChI is InChI=1S/C16H21N5O3S/c1-10-8-13-18-19-16(21(13)11(2)17-10)25-9-14(22)20-6-4-12(5-7-20)15(23)24-3/h8,12H,4-7,9H2,1-3H3. The number of carbonyl (C=O) groups excluding carboxylic acids is 2. The summed E-state index contributed by atoms with van der Waals surface area (Å²) < 4.78 is 6.63. The number of likely N-dealkylation sites (tertiary alicyclic amines) is 1. The molecule has 0 spiro atoms. The number of nitrogens with zero attached hydrogens (tertiary/aromatic N) is 5. The van der Waals surface area contributed by atoms with Crippen LogP contribution in [0, 0.1) is 19.8 Å². The minimum atomic E-state index is -0.185. The van der Waals surface area contributed by atoms with Gasteiger partial charge in [-0.3, -0.25) is 14.0 Å². The van der Waals surface area contributed by atoms with Crippen LogP contribution >= 0.6 is 11.8 Å². The molecule has 0 radical (unpaired) electrons. The molecule has 3 rings (SSSR count). The maximum atomic E-state index is 12.4.